The van der Waals surface area contributed by atoms with Crippen LogP contribution in [0.15, 0.2) is 48.5 Å². The minimum absolute atomic E-state index is 0. The molecule has 0 heterocycles. The molecule has 2 rings (SSSR count). The van der Waals surface area contributed by atoms with Gasteiger partial charge < -0.3 is 15.2 Å². The Morgan fingerprint density at radius 1 is 1.05 bits per heavy atom. The number of benzene rings is 2. The number of anilines is 1. The van der Waals surface area contributed by atoms with E-state index in [1.165, 1.54) is 12.1 Å². The number of halogens is 1. The number of carboxylic acids is 1. The van der Waals surface area contributed by atoms with Crippen LogP contribution in [0.3, 0.4) is 0 Å². The van der Waals surface area contributed by atoms with E-state index in [0.29, 0.717) is 11.6 Å². The third-order valence-corrected chi connectivity index (χ3v) is 2.78. The molecule has 19 heavy (non-hydrogen) atoms. The standard InChI is InChI=1S/C14H12ClNO2.Na/c15-12-5-1-10(2-6-12)9-16-13-7-3-11(4-8-13)14(17)18;/h1-8,16H,9H2,(H,17,18);/q;+1/p-1. The van der Waals surface area contributed by atoms with E-state index in [1.807, 2.05) is 24.3 Å². The number of carbonyl (C=O) groups is 1. The first-order valence-electron chi connectivity index (χ1n) is 5.45. The molecular formula is C14H11ClNNaO2. The van der Waals surface area contributed by atoms with Gasteiger partial charge in [-0.1, -0.05) is 35.9 Å². The van der Waals surface area contributed by atoms with Crippen molar-refractivity contribution in [2.45, 2.75) is 6.54 Å². The molecule has 0 aliphatic rings. The Bertz CT molecular complexity index is 540. The summed E-state index contributed by atoms with van der Waals surface area (Å²) < 4.78 is 0. The molecule has 0 aromatic heterocycles. The van der Waals surface area contributed by atoms with Gasteiger partial charge in [0, 0.05) is 17.3 Å². The second kappa shape index (κ2) is 7.56. The van der Waals surface area contributed by atoms with E-state index in [2.05, 4.69) is 5.32 Å². The summed E-state index contributed by atoms with van der Waals surface area (Å²) >= 11 is 5.79. The van der Waals surface area contributed by atoms with Gasteiger partial charge in [0.25, 0.3) is 0 Å². The summed E-state index contributed by atoms with van der Waals surface area (Å²) in [6.45, 7) is 0.655. The van der Waals surface area contributed by atoms with Gasteiger partial charge in [0.05, 0.1) is 5.97 Å². The second-order valence-corrected chi connectivity index (χ2v) is 4.28. The topological polar surface area (TPSA) is 52.2 Å². The fourth-order valence-electron chi connectivity index (χ4n) is 1.53. The van der Waals surface area contributed by atoms with Gasteiger partial charge in [0.15, 0.2) is 0 Å². The molecule has 2 aromatic carbocycles. The number of carboxylic acid groups (broad SMARTS) is 1. The van der Waals surface area contributed by atoms with Crippen molar-refractivity contribution in [2.75, 3.05) is 5.32 Å². The normalized spacial score (nSPS) is 9.53. The molecule has 0 saturated carbocycles. The molecular weight excluding hydrogens is 273 g/mol. The molecule has 92 valence electrons. The monoisotopic (exact) mass is 283 g/mol. The molecule has 0 saturated heterocycles. The number of nitrogens with one attached hydrogen (secondary N) is 1. The molecule has 5 heteroatoms. The molecule has 0 aliphatic carbocycles. The van der Waals surface area contributed by atoms with Crippen molar-refractivity contribution in [3.8, 4) is 0 Å². The van der Waals surface area contributed by atoms with Gasteiger partial charge in [0.1, 0.15) is 0 Å². The van der Waals surface area contributed by atoms with Crippen LogP contribution in [0.1, 0.15) is 15.9 Å². The predicted octanol–water partition coefficient (Wildman–Crippen LogP) is -0.680. The minimum atomic E-state index is -1.17. The first-order chi connectivity index (χ1) is 8.65. The third-order valence-electron chi connectivity index (χ3n) is 2.53. The van der Waals surface area contributed by atoms with Gasteiger partial charge in [-0.2, -0.15) is 0 Å². The number of carbonyl (C=O) groups excluding carboxylic acids is 1. The maximum Gasteiger partial charge on any atom is 1.00 e. The van der Waals surface area contributed by atoms with Gasteiger partial charge in [-0.05, 0) is 35.4 Å². The zero-order chi connectivity index (χ0) is 13.0. The number of hydrogen-bond acceptors (Lipinski definition) is 3. The molecule has 0 unspecified atom stereocenters. The first kappa shape index (κ1) is 16.1. The van der Waals surface area contributed by atoms with Crippen molar-refractivity contribution in [1.29, 1.82) is 0 Å². The molecule has 3 nitrogen and oxygen atoms in total. The van der Waals surface area contributed by atoms with Crippen LogP contribution in [0.25, 0.3) is 0 Å². The molecule has 0 atom stereocenters. The molecule has 0 bridgehead atoms. The molecule has 1 N–H and O–H groups in total. The van der Waals surface area contributed by atoms with E-state index >= 15 is 0 Å². The SMILES string of the molecule is O=C([O-])c1ccc(NCc2ccc(Cl)cc2)cc1.[Na+]. The van der Waals surface area contributed by atoms with Gasteiger partial charge in [0.2, 0.25) is 0 Å². The van der Waals surface area contributed by atoms with Crippen LogP contribution in [0.2, 0.25) is 5.02 Å². The average Bonchev–Trinajstić information content (AvgIpc) is 2.38. The maximum absolute atomic E-state index is 10.6. The van der Waals surface area contributed by atoms with E-state index in [0.717, 1.165) is 11.3 Å². The largest absolute Gasteiger partial charge is 1.00 e. The van der Waals surface area contributed by atoms with Crippen LogP contribution < -0.4 is 40.0 Å². The van der Waals surface area contributed by atoms with Crippen LogP contribution in [-0.4, -0.2) is 5.97 Å². The Kier molecular flexibility index (Phi) is 6.38. The van der Waals surface area contributed by atoms with Gasteiger partial charge in [-0.15, -0.1) is 0 Å². The average molecular weight is 284 g/mol. The van der Waals surface area contributed by atoms with E-state index in [9.17, 15) is 9.90 Å². The van der Waals surface area contributed by atoms with Crippen LogP contribution in [0.5, 0.6) is 0 Å². The smallest absolute Gasteiger partial charge is 0.545 e. The van der Waals surface area contributed by atoms with Crippen molar-refractivity contribution in [3.05, 3.63) is 64.7 Å². The molecule has 0 radical (unpaired) electrons. The predicted molar refractivity (Wildman–Crippen MR) is 69.6 cm³/mol. The van der Waals surface area contributed by atoms with Crippen LogP contribution in [0.4, 0.5) is 5.69 Å². The number of aromatic carboxylic acids is 1. The second-order valence-electron chi connectivity index (χ2n) is 3.84. The van der Waals surface area contributed by atoms with Gasteiger partial charge >= 0.3 is 29.6 Å². The summed E-state index contributed by atoms with van der Waals surface area (Å²) in [4.78, 5) is 10.6. The molecule has 0 spiro atoms. The van der Waals surface area contributed by atoms with Crippen molar-refractivity contribution < 1.29 is 39.5 Å². The molecule has 0 fully saturated rings. The van der Waals surface area contributed by atoms with Crippen molar-refractivity contribution >= 4 is 23.3 Å². The van der Waals surface area contributed by atoms with Crippen LogP contribution >= 0.6 is 11.6 Å². The zero-order valence-corrected chi connectivity index (χ0v) is 13.3. The Morgan fingerprint density at radius 2 is 1.63 bits per heavy atom. The Morgan fingerprint density at radius 3 is 2.16 bits per heavy atom. The first-order valence-corrected chi connectivity index (χ1v) is 5.83. The molecule has 0 amide bonds. The number of rotatable bonds is 4. The van der Waals surface area contributed by atoms with Crippen LogP contribution in [-0.2, 0) is 6.54 Å². The summed E-state index contributed by atoms with van der Waals surface area (Å²) in [5, 5.41) is 14.5. The van der Waals surface area contributed by atoms with Crippen LogP contribution in [0, 0.1) is 0 Å². The Hall–Kier alpha value is -1.000. The zero-order valence-electron chi connectivity index (χ0n) is 10.5. The Labute approximate surface area is 138 Å². The molecule has 0 aliphatic heterocycles. The van der Waals surface area contributed by atoms with E-state index in [4.69, 9.17) is 11.6 Å². The van der Waals surface area contributed by atoms with E-state index < -0.39 is 5.97 Å². The summed E-state index contributed by atoms with van der Waals surface area (Å²) in [5.74, 6) is -1.17. The summed E-state index contributed by atoms with van der Waals surface area (Å²) in [7, 11) is 0. The fourth-order valence-corrected chi connectivity index (χ4v) is 1.66. The van der Waals surface area contributed by atoms with E-state index in [1.54, 1.807) is 12.1 Å². The summed E-state index contributed by atoms with van der Waals surface area (Å²) in [6, 6.07) is 14.0. The fraction of sp³-hybridized carbons (Fsp3) is 0.0714. The summed E-state index contributed by atoms with van der Waals surface area (Å²) in [6.07, 6.45) is 0. The third kappa shape index (κ3) is 4.88. The number of hydrogen-bond donors (Lipinski definition) is 1. The molecule has 2 aromatic rings. The maximum atomic E-state index is 10.6. The quantitative estimate of drug-likeness (QED) is 0.757. The van der Waals surface area contributed by atoms with Crippen molar-refractivity contribution in [2.24, 2.45) is 0 Å². The van der Waals surface area contributed by atoms with Crippen molar-refractivity contribution in [1.82, 2.24) is 0 Å². The van der Waals surface area contributed by atoms with Crippen molar-refractivity contribution in [3.63, 3.8) is 0 Å². The van der Waals surface area contributed by atoms with E-state index in [-0.39, 0.29) is 35.1 Å². The Balaban J connectivity index is 0.00000180. The minimum Gasteiger partial charge on any atom is -0.545 e. The summed E-state index contributed by atoms with van der Waals surface area (Å²) in [5.41, 5.74) is 2.13. The van der Waals surface area contributed by atoms with Gasteiger partial charge in [-0.25, -0.2) is 0 Å². The van der Waals surface area contributed by atoms with Gasteiger partial charge in [-0.3, -0.25) is 0 Å².